The first-order chi connectivity index (χ1) is 24.0. The van der Waals surface area contributed by atoms with E-state index in [1.54, 1.807) is 4.90 Å². The first-order valence-corrected chi connectivity index (χ1v) is 15.7. The van der Waals surface area contributed by atoms with Crippen molar-refractivity contribution in [2.45, 2.75) is 83.0 Å². The zero-order valence-corrected chi connectivity index (χ0v) is 28.1. The molecule has 1 heterocycles. The number of carbonyl (C=O) groups excluding carboxylic acids is 2. The topological polar surface area (TPSA) is 211 Å². The summed E-state index contributed by atoms with van der Waals surface area (Å²) in [6.07, 6.45) is -9.18. The van der Waals surface area contributed by atoms with Crippen LogP contribution >= 0.6 is 0 Å². The maximum Gasteiger partial charge on any atom is 0.490 e. The molecule has 1 atom stereocenters. The fourth-order valence-corrected chi connectivity index (χ4v) is 3.90. The van der Waals surface area contributed by atoms with Crippen LogP contribution in [-0.2, 0) is 36.9 Å². The minimum absolute atomic E-state index is 0.0393. The van der Waals surface area contributed by atoms with E-state index in [0.29, 0.717) is 25.9 Å². The molecule has 0 aromatic heterocycles. The highest BCUT2D eigenvalue weighted by Gasteiger charge is 2.39. The molecule has 1 aliphatic heterocycles. The fourth-order valence-electron chi connectivity index (χ4n) is 3.90. The second-order valence-corrected chi connectivity index (χ2v) is 10.7. The minimum atomic E-state index is -5.08. The molecule has 22 heteroatoms. The number of nitrogens with two attached hydrogens (primary N) is 1. The molecule has 13 nitrogen and oxygen atoms in total. The SMILES string of the molecule is CCCC(=O)N1Cc2ccccc2C[C@H]1C(=O)NCCCNCCCCNCCCN.O=C(O)C(F)(F)F.O=C(O)C(F)(F)F.O=C(O)C(F)(F)F. The number of nitrogens with one attached hydrogen (secondary N) is 3. The number of carboxylic acids is 3. The number of alkyl halides is 9. The van der Waals surface area contributed by atoms with Crippen molar-refractivity contribution in [3.63, 3.8) is 0 Å². The van der Waals surface area contributed by atoms with Crippen molar-refractivity contribution in [3.8, 4) is 0 Å². The Labute approximate surface area is 293 Å². The molecule has 0 fully saturated rings. The molecule has 1 aromatic rings. The Hall–Kier alpha value is -4.18. The summed E-state index contributed by atoms with van der Waals surface area (Å²) in [5, 5.41) is 31.2. The first kappa shape index (κ1) is 49.9. The highest BCUT2D eigenvalue weighted by atomic mass is 19.4. The highest BCUT2D eigenvalue weighted by Crippen LogP contribution is 2.24. The second kappa shape index (κ2) is 25.7. The largest absolute Gasteiger partial charge is 0.490 e. The van der Waals surface area contributed by atoms with Gasteiger partial charge in [0, 0.05) is 25.9 Å². The summed E-state index contributed by atoms with van der Waals surface area (Å²) in [7, 11) is 0. The molecule has 0 spiro atoms. The van der Waals surface area contributed by atoms with Gasteiger partial charge < -0.3 is 41.9 Å². The van der Waals surface area contributed by atoms with Crippen molar-refractivity contribution < 1.29 is 78.8 Å². The predicted octanol–water partition coefficient (Wildman–Crippen LogP) is 3.45. The van der Waals surface area contributed by atoms with Gasteiger partial charge in [-0.1, -0.05) is 31.2 Å². The van der Waals surface area contributed by atoms with Crippen LogP contribution in [0.1, 0.15) is 56.6 Å². The van der Waals surface area contributed by atoms with E-state index < -0.39 is 42.5 Å². The molecule has 0 unspecified atom stereocenters. The van der Waals surface area contributed by atoms with E-state index in [1.165, 1.54) is 5.56 Å². The van der Waals surface area contributed by atoms with Crippen LogP contribution in [0.4, 0.5) is 39.5 Å². The van der Waals surface area contributed by atoms with E-state index in [9.17, 15) is 49.1 Å². The van der Waals surface area contributed by atoms with Gasteiger partial charge in [0.25, 0.3) is 0 Å². The zero-order chi connectivity index (χ0) is 40.5. The Morgan fingerprint density at radius 1 is 0.712 bits per heavy atom. The molecule has 300 valence electrons. The van der Waals surface area contributed by atoms with E-state index in [1.807, 2.05) is 19.1 Å². The van der Waals surface area contributed by atoms with E-state index in [-0.39, 0.29) is 11.8 Å². The molecule has 0 saturated carbocycles. The third-order valence-electron chi connectivity index (χ3n) is 6.41. The number of hydrogen-bond donors (Lipinski definition) is 7. The summed E-state index contributed by atoms with van der Waals surface area (Å²) in [5.74, 6) is -8.24. The third kappa shape index (κ3) is 24.1. The standard InChI is InChI=1S/C24H41N5O2.3C2HF3O2/c1-2-9-23(30)29-19-21-11-4-3-10-20(21)18-22(29)24(31)28-17-8-16-27-14-6-5-13-26-15-7-12-25;3*3-2(4,5)1(6)7/h3-4,10-11,22,26-27H,2,5-9,12-19,25H2,1H3,(H,28,31);3*(H,6,7)/t22-;;;/m0.../s1. The van der Waals surface area contributed by atoms with Crippen LogP contribution in [0.3, 0.4) is 0 Å². The lowest BCUT2D eigenvalue weighted by molar-refractivity contribution is -0.193. The van der Waals surface area contributed by atoms with Gasteiger partial charge in [0.2, 0.25) is 11.8 Å². The Balaban J connectivity index is 0. The number of aliphatic carboxylic acids is 3. The normalized spacial score (nSPS) is 13.8. The van der Waals surface area contributed by atoms with Gasteiger partial charge in [0.05, 0.1) is 0 Å². The van der Waals surface area contributed by atoms with E-state index in [2.05, 4.69) is 28.1 Å². The Kier molecular flexibility index (Phi) is 24.7. The van der Waals surface area contributed by atoms with E-state index in [4.69, 9.17) is 35.4 Å². The van der Waals surface area contributed by atoms with Crippen molar-refractivity contribution in [2.24, 2.45) is 5.73 Å². The lowest BCUT2D eigenvalue weighted by Gasteiger charge is -2.36. The average Bonchev–Trinajstić information content (AvgIpc) is 3.04. The number of amides is 2. The number of fused-ring (bicyclic) bond motifs is 1. The molecule has 0 saturated heterocycles. The van der Waals surface area contributed by atoms with Gasteiger partial charge in [-0.15, -0.1) is 0 Å². The Morgan fingerprint density at radius 3 is 1.52 bits per heavy atom. The van der Waals surface area contributed by atoms with Gasteiger partial charge in [-0.05, 0) is 76.0 Å². The molecule has 52 heavy (non-hydrogen) atoms. The monoisotopic (exact) mass is 773 g/mol. The maximum absolute atomic E-state index is 12.9. The van der Waals surface area contributed by atoms with Crippen molar-refractivity contribution >= 4 is 29.7 Å². The van der Waals surface area contributed by atoms with Crippen molar-refractivity contribution in [3.05, 3.63) is 35.4 Å². The van der Waals surface area contributed by atoms with Gasteiger partial charge in [0.1, 0.15) is 6.04 Å². The van der Waals surface area contributed by atoms with Crippen LogP contribution in [-0.4, -0.2) is 114 Å². The number of nitrogens with zero attached hydrogens (tertiary/aromatic N) is 1. The second-order valence-electron chi connectivity index (χ2n) is 10.7. The molecule has 8 N–H and O–H groups in total. The maximum atomic E-state index is 12.9. The third-order valence-corrected chi connectivity index (χ3v) is 6.41. The lowest BCUT2D eigenvalue weighted by Crippen LogP contribution is -2.52. The van der Waals surface area contributed by atoms with E-state index in [0.717, 1.165) is 70.4 Å². The van der Waals surface area contributed by atoms with E-state index >= 15 is 0 Å². The number of halogens is 9. The molecule has 0 bridgehead atoms. The minimum Gasteiger partial charge on any atom is -0.475 e. The number of hydrogen-bond acceptors (Lipinski definition) is 8. The lowest BCUT2D eigenvalue weighted by atomic mass is 9.93. The number of benzene rings is 1. The average molecular weight is 774 g/mol. The van der Waals surface area contributed by atoms with Gasteiger partial charge in [0.15, 0.2) is 0 Å². The quantitative estimate of drug-likeness (QED) is 0.101. The van der Waals surface area contributed by atoms with Crippen LogP contribution in [0.2, 0.25) is 0 Å². The molecule has 2 rings (SSSR count). The van der Waals surface area contributed by atoms with Gasteiger partial charge in [-0.25, -0.2) is 14.4 Å². The molecule has 2 amide bonds. The number of rotatable bonds is 15. The summed E-state index contributed by atoms with van der Waals surface area (Å²) in [6, 6.07) is 7.70. The molecule has 1 aromatic carbocycles. The molecular formula is C30H44F9N5O8. The van der Waals surface area contributed by atoms with Crippen molar-refractivity contribution in [1.29, 1.82) is 0 Å². The predicted molar refractivity (Wildman–Crippen MR) is 167 cm³/mol. The molecule has 0 radical (unpaired) electrons. The highest BCUT2D eigenvalue weighted by molar-refractivity contribution is 5.88. The summed E-state index contributed by atoms with van der Waals surface area (Å²) in [4.78, 5) is 53.9. The van der Waals surface area contributed by atoms with Gasteiger partial charge >= 0.3 is 36.4 Å². The summed E-state index contributed by atoms with van der Waals surface area (Å²) in [5.41, 5.74) is 7.78. The number of carboxylic acid groups (broad SMARTS) is 3. The smallest absolute Gasteiger partial charge is 0.475 e. The Bertz CT molecular complexity index is 1180. The fraction of sp³-hybridized carbons (Fsp3) is 0.633. The number of carbonyl (C=O) groups is 5. The molecular weight excluding hydrogens is 729 g/mol. The van der Waals surface area contributed by atoms with Crippen LogP contribution < -0.4 is 21.7 Å². The van der Waals surface area contributed by atoms with Crippen molar-refractivity contribution in [1.82, 2.24) is 20.9 Å². The summed E-state index contributed by atoms with van der Waals surface area (Å²) >= 11 is 0. The zero-order valence-electron chi connectivity index (χ0n) is 28.1. The van der Waals surface area contributed by atoms with Crippen molar-refractivity contribution in [2.75, 3.05) is 39.3 Å². The van der Waals surface area contributed by atoms with Crippen LogP contribution in [0.5, 0.6) is 0 Å². The summed E-state index contributed by atoms with van der Waals surface area (Å²) < 4.78 is 95.2. The first-order valence-electron chi connectivity index (χ1n) is 15.7. The van der Waals surface area contributed by atoms with Gasteiger partial charge in [-0.3, -0.25) is 9.59 Å². The van der Waals surface area contributed by atoms with Gasteiger partial charge in [-0.2, -0.15) is 39.5 Å². The number of unbranched alkanes of at least 4 members (excludes halogenated alkanes) is 1. The molecule has 1 aliphatic rings. The van der Waals surface area contributed by atoms with Crippen LogP contribution in [0.25, 0.3) is 0 Å². The van der Waals surface area contributed by atoms with Crippen LogP contribution in [0, 0.1) is 0 Å². The Morgan fingerprint density at radius 2 is 1.12 bits per heavy atom. The van der Waals surface area contributed by atoms with Crippen LogP contribution in [0.15, 0.2) is 24.3 Å². The summed E-state index contributed by atoms with van der Waals surface area (Å²) in [6.45, 7) is 7.80. The molecule has 0 aliphatic carbocycles.